The van der Waals surface area contributed by atoms with Crippen molar-refractivity contribution < 1.29 is 17.9 Å². The van der Waals surface area contributed by atoms with Gasteiger partial charge in [0.05, 0.1) is 35.9 Å². The Hall–Kier alpha value is -2.85. The third-order valence-corrected chi connectivity index (χ3v) is 7.24. The van der Waals surface area contributed by atoms with Gasteiger partial charge in [0.25, 0.3) is 0 Å². The minimum atomic E-state index is -3.67. The minimum Gasteiger partial charge on any atom is -0.371 e. The summed E-state index contributed by atoms with van der Waals surface area (Å²) in [6.45, 7) is 2.53. The Morgan fingerprint density at radius 1 is 0.906 bits per heavy atom. The molecule has 0 spiro atoms. The van der Waals surface area contributed by atoms with E-state index in [0.29, 0.717) is 12.6 Å². The number of benzene rings is 2. The van der Waals surface area contributed by atoms with E-state index in [9.17, 15) is 8.42 Å². The molecule has 166 valence electrons. The lowest BCUT2D eigenvalue weighted by Gasteiger charge is -2.18. The Labute approximate surface area is 187 Å². The number of anilines is 1. The van der Waals surface area contributed by atoms with Crippen LogP contribution in [0.1, 0.15) is 5.56 Å². The van der Waals surface area contributed by atoms with E-state index in [4.69, 9.17) is 9.47 Å². The van der Waals surface area contributed by atoms with Gasteiger partial charge in [0.2, 0.25) is 16.0 Å². The molecule has 2 saturated heterocycles. The molecule has 0 amide bonds. The third-order valence-electron chi connectivity index (χ3n) is 5.73. The first kappa shape index (κ1) is 21.0. The van der Waals surface area contributed by atoms with Crippen molar-refractivity contribution in [2.75, 3.05) is 18.5 Å². The van der Waals surface area contributed by atoms with Gasteiger partial charge in [-0.25, -0.2) is 23.1 Å². The van der Waals surface area contributed by atoms with E-state index in [2.05, 4.69) is 20.0 Å². The maximum Gasteiger partial charge on any atom is 0.240 e. The van der Waals surface area contributed by atoms with Crippen LogP contribution in [0, 0.1) is 6.92 Å². The normalized spacial score (nSPS) is 24.9. The highest BCUT2D eigenvalue weighted by molar-refractivity contribution is 7.89. The molecule has 4 atom stereocenters. The number of rotatable bonds is 6. The fourth-order valence-corrected chi connectivity index (χ4v) is 5.30. The molecule has 0 bridgehead atoms. The number of ether oxygens (including phenoxy) is 2. The second-order valence-corrected chi connectivity index (χ2v) is 9.73. The van der Waals surface area contributed by atoms with Gasteiger partial charge in [-0.1, -0.05) is 48.0 Å². The zero-order chi connectivity index (χ0) is 22.1. The van der Waals surface area contributed by atoms with Crippen molar-refractivity contribution in [2.45, 2.75) is 36.1 Å². The number of hydrogen-bond donors (Lipinski definition) is 2. The second-order valence-electron chi connectivity index (χ2n) is 8.02. The topological polar surface area (TPSA) is 102 Å². The molecule has 2 N–H and O–H groups in total. The van der Waals surface area contributed by atoms with Crippen molar-refractivity contribution in [3.05, 3.63) is 72.4 Å². The molecule has 5 rings (SSSR count). The van der Waals surface area contributed by atoms with Crippen LogP contribution >= 0.6 is 0 Å². The molecular weight excluding hydrogens is 428 g/mol. The van der Waals surface area contributed by atoms with Crippen molar-refractivity contribution >= 4 is 16.0 Å². The smallest absolute Gasteiger partial charge is 0.240 e. The standard InChI is InChI=1S/C23H24N4O4S/c1-15-7-9-17(10-8-15)32(28,29)27-20-14-31-21-19(13-30-22(20)21)26-23-24-12-11-18(25-23)16-5-3-2-4-6-16/h2-12,19-22,27H,13-14H2,1H3,(H,24,25,26). The van der Waals surface area contributed by atoms with Crippen molar-refractivity contribution in [1.82, 2.24) is 14.7 Å². The molecule has 4 unspecified atom stereocenters. The lowest BCUT2D eigenvalue weighted by atomic mass is 10.1. The van der Waals surface area contributed by atoms with Crippen LogP contribution in [-0.4, -0.2) is 55.9 Å². The predicted octanol–water partition coefficient (Wildman–Crippen LogP) is 2.38. The van der Waals surface area contributed by atoms with Gasteiger partial charge in [-0.2, -0.15) is 0 Å². The Morgan fingerprint density at radius 2 is 1.59 bits per heavy atom. The van der Waals surface area contributed by atoms with Crippen LogP contribution in [0.15, 0.2) is 71.8 Å². The molecule has 2 aliphatic rings. The SMILES string of the molecule is Cc1ccc(S(=O)(=O)NC2COC3C(Nc4nccc(-c5ccccc5)n4)COC23)cc1. The van der Waals surface area contributed by atoms with Crippen LogP contribution in [0.5, 0.6) is 0 Å². The summed E-state index contributed by atoms with van der Waals surface area (Å²) in [5.41, 5.74) is 2.82. The number of sulfonamides is 1. The van der Waals surface area contributed by atoms with Gasteiger partial charge < -0.3 is 14.8 Å². The van der Waals surface area contributed by atoms with Gasteiger partial charge in [-0.3, -0.25) is 0 Å². The van der Waals surface area contributed by atoms with Crippen LogP contribution < -0.4 is 10.0 Å². The van der Waals surface area contributed by atoms with Gasteiger partial charge in [0, 0.05) is 11.8 Å². The average molecular weight is 453 g/mol. The first-order chi connectivity index (χ1) is 15.5. The molecule has 1 aromatic heterocycles. The number of nitrogens with one attached hydrogen (secondary N) is 2. The van der Waals surface area contributed by atoms with Crippen molar-refractivity contribution in [2.24, 2.45) is 0 Å². The molecule has 0 aliphatic carbocycles. The Bertz CT molecular complexity index is 1190. The first-order valence-corrected chi connectivity index (χ1v) is 12.0. The highest BCUT2D eigenvalue weighted by Crippen LogP contribution is 2.30. The van der Waals surface area contributed by atoms with Crippen LogP contribution in [0.2, 0.25) is 0 Å². The van der Waals surface area contributed by atoms with Crippen molar-refractivity contribution in [1.29, 1.82) is 0 Å². The molecule has 3 heterocycles. The maximum atomic E-state index is 12.8. The van der Waals surface area contributed by atoms with Crippen LogP contribution in [-0.2, 0) is 19.5 Å². The largest absolute Gasteiger partial charge is 0.371 e. The number of hydrogen-bond acceptors (Lipinski definition) is 7. The van der Waals surface area contributed by atoms with E-state index in [-0.39, 0.29) is 29.8 Å². The number of aromatic nitrogens is 2. The van der Waals surface area contributed by atoms with E-state index in [0.717, 1.165) is 16.8 Å². The van der Waals surface area contributed by atoms with Crippen LogP contribution in [0.4, 0.5) is 5.95 Å². The van der Waals surface area contributed by atoms with E-state index < -0.39 is 16.1 Å². The summed E-state index contributed by atoms with van der Waals surface area (Å²) in [4.78, 5) is 9.15. The second kappa shape index (κ2) is 8.59. The quantitative estimate of drug-likeness (QED) is 0.592. The molecular formula is C23H24N4O4S. The van der Waals surface area contributed by atoms with Gasteiger partial charge >= 0.3 is 0 Å². The first-order valence-electron chi connectivity index (χ1n) is 10.5. The molecule has 2 aromatic carbocycles. The van der Waals surface area contributed by atoms with Gasteiger partial charge in [-0.05, 0) is 25.1 Å². The van der Waals surface area contributed by atoms with Gasteiger partial charge in [0.1, 0.15) is 12.2 Å². The predicted molar refractivity (Wildman–Crippen MR) is 120 cm³/mol. The number of nitrogens with zero attached hydrogens (tertiary/aromatic N) is 2. The summed E-state index contributed by atoms with van der Waals surface area (Å²) in [6.07, 6.45) is 1.02. The zero-order valence-corrected chi connectivity index (χ0v) is 18.3. The van der Waals surface area contributed by atoms with E-state index in [1.54, 1.807) is 30.5 Å². The highest BCUT2D eigenvalue weighted by Gasteiger charge is 2.49. The Balaban J connectivity index is 1.26. The monoisotopic (exact) mass is 452 g/mol. The number of aryl methyl sites for hydroxylation is 1. The summed E-state index contributed by atoms with van der Waals surface area (Å²) in [5, 5.41) is 3.29. The minimum absolute atomic E-state index is 0.181. The number of fused-ring (bicyclic) bond motifs is 1. The molecule has 0 radical (unpaired) electrons. The fourth-order valence-electron chi connectivity index (χ4n) is 4.07. The summed E-state index contributed by atoms with van der Waals surface area (Å²) >= 11 is 0. The third kappa shape index (κ3) is 4.24. The molecule has 2 aliphatic heterocycles. The molecule has 9 heteroatoms. The van der Waals surface area contributed by atoms with Crippen LogP contribution in [0.3, 0.4) is 0 Å². The molecule has 32 heavy (non-hydrogen) atoms. The van der Waals surface area contributed by atoms with Crippen molar-refractivity contribution in [3.8, 4) is 11.3 Å². The molecule has 8 nitrogen and oxygen atoms in total. The average Bonchev–Trinajstić information content (AvgIpc) is 3.38. The van der Waals surface area contributed by atoms with E-state index in [1.165, 1.54) is 0 Å². The lowest BCUT2D eigenvalue weighted by molar-refractivity contribution is 0.0690. The summed E-state index contributed by atoms with van der Waals surface area (Å²) in [5.74, 6) is 0.480. The van der Waals surface area contributed by atoms with E-state index in [1.807, 2.05) is 43.3 Å². The Morgan fingerprint density at radius 3 is 2.34 bits per heavy atom. The summed E-state index contributed by atoms with van der Waals surface area (Å²) in [7, 11) is -3.67. The van der Waals surface area contributed by atoms with Crippen molar-refractivity contribution in [3.63, 3.8) is 0 Å². The summed E-state index contributed by atoms with van der Waals surface area (Å²) in [6, 6.07) is 17.8. The lowest BCUT2D eigenvalue weighted by Crippen LogP contribution is -2.44. The molecule has 0 saturated carbocycles. The van der Waals surface area contributed by atoms with Crippen LogP contribution in [0.25, 0.3) is 11.3 Å². The Kier molecular flexibility index (Phi) is 5.64. The molecule has 2 fully saturated rings. The zero-order valence-electron chi connectivity index (χ0n) is 17.5. The summed E-state index contributed by atoms with van der Waals surface area (Å²) < 4.78 is 40.1. The fraction of sp³-hybridized carbons (Fsp3) is 0.304. The van der Waals surface area contributed by atoms with Gasteiger partial charge in [-0.15, -0.1) is 0 Å². The van der Waals surface area contributed by atoms with E-state index >= 15 is 0 Å². The highest BCUT2D eigenvalue weighted by atomic mass is 32.2. The molecule has 3 aromatic rings. The van der Waals surface area contributed by atoms with Gasteiger partial charge in [0.15, 0.2) is 0 Å². The maximum absolute atomic E-state index is 12.8.